The van der Waals surface area contributed by atoms with Crippen LogP contribution in [0.25, 0.3) is 11.0 Å². The highest BCUT2D eigenvalue weighted by atomic mass is 35.5. The van der Waals surface area contributed by atoms with Crippen molar-refractivity contribution >= 4 is 22.6 Å². The maximum absolute atomic E-state index is 12.8. The van der Waals surface area contributed by atoms with Crippen LogP contribution in [0.3, 0.4) is 0 Å². The Morgan fingerprint density at radius 3 is 2.91 bits per heavy atom. The molecule has 4 rings (SSSR count). The van der Waals surface area contributed by atoms with Crippen molar-refractivity contribution in [2.24, 2.45) is 5.92 Å². The zero-order valence-corrected chi connectivity index (χ0v) is 13.5. The van der Waals surface area contributed by atoms with E-state index >= 15 is 0 Å². The Bertz CT molecular complexity index is 905. The van der Waals surface area contributed by atoms with Crippen LogP contribution in [0.5, 0.6) is 5.75 Å². The zero-order chi connectivity index (χ0) is 16.1. The van der Waals surface area contributed by atoms with Crippen LogP contribution >= 0.6 is 11.6 Å². The van der Waals surface area contributed by atoms with Gasteiger partial charge < -0.3 is 13.9 Å². The topological polar surface area (TPSA) is 48.7 Å². The summed E-state index contributed by atoms with van der Waals surface area (Å²) in [4.78, 5) is 12.8. The summed E-state index contributed by atoms with van der Waals surface area (Å²) in [6.07, 6.45) is 5.00. The summed E-state index contributed by atoms with van der Waals surface area (Å²) >= 11 is 5.99. The van der Waals surface area contributed by atoms with Crippen LogP contribution in [-0.2, 0) is 4.74 Å². The minimum Gasteiger partial charge on any atom is -0.489 e. The summed E-state index contributed by atoms with van der Waals surface area (Å²) in [5, 5.41) is 0.898. The number of fused-ring (bicyclic) bond motifs is 4. The summed E-state index contributed by atoms with van der Waals surface area (Å²) in [5.41, 5.74) is 1.38. The number of benzene rings is 1. The van der Waals surface area contributed by atoms with E-state index in [-0.39, 0.29) is 29.3 Å². The molecule has 0 bridgehead atoms. The maximum atomic E-state index is 12.8. The van der Waals surface area contributed by atoms with E-state index in [1.807, 2.05) is 26.0 Å². The van der Waals surface area contributed by atoms with Gasteiger partial charge in [0.05, 0.1) is 17.6 Å². The molecule has 2 aliphatic rings. The normalized spacial score (nSPS) is 24.6. The molecule has 118 valence electrons. The first-order valence-corrected chi connectivity index (χ1v) is 7.82. The first kappa shape index (κ1) is 14.4. The van der Waals surface area contributed by atoms with Crippen molar-refractivity contribution in [3.8, 4) is 5.75 Å². The Morgan fingerprint density at radius 2 is 2.13 bits per heavy atom. The van der Waals surface area contributed by atoms with Crippen LogP contribution in [0.15, 0.2) is 51.4 Å². The van der Waals surface area contributed by atoms with Crippen molar-refractivity contribution in [2.45, 2.75) is 26.1 Å². The van der Waals surface area contributed by atoms with Crippen LogP contribution in [0.2, 0.25) is 5.02 Å². The lowest BCUT2D eigenvalue weighted by Gasteiger charge is -2.31. The molecule has 0 fully saturated rings. The molecule has 5 heteroatoms. The Kier molecular flexibility index (Phi) is 3.23. The fraction of sp³-hybridized carbons (Fsp3) is 0.278. The Morgan fingerprint density at radius 1 is 1.30 bits per heavy atom. The molecule has 4 nitrogen and oxygen atoms in total. The zero-order valence-electron chi connectivity index (χ0n) is 12.7. The summed E-state index contributed by atoms with van der Waals surface area (Å²) in [7, 11) is 0. The molecule has 1 aromatic heterocycles. The Hall–Kier alpha value is -2.20. The van der Waals surface area contributed by atoms with Gasteiger partial charge in [0.15, 0.2) is 11.9 Å². The second-order valence-electron chi connectivity index (χ2n) is 6.05. The standard InChI is InChI=1S/C18H15ClO4/c1-9(2)7-14-11-5-6-21-16(11)18-17(23-14)15(20)12-8-10(19)3-4-13(12)22-18/h3-8,11,14,16H,1-2H3. The van der Waals surface area contributed by atoms with Crippen molar-refractivity contribution in [3.63, 3.8) is 0 Å². The fourth-order valence-corrected chi connectivity index (χ4v) is 3.26. The molecule has 23 heavy (non-hydrogen) atoms. The molecule has 0 saturated carbocycles. The average Bonchev–Trinajstić information content (AvgIpc) is 2.99. The second kappa shape index (κ2) is 5.17. The molecule has 0 N–H and O–H groups in total. The monoisotopic (exact) mass is 330 g/mol. The molecular weight excluding hydrogens is 316 g/mol. The Labute approximate surface area is 138 Å². The predicted molar refractivity (Wildman–Crippen MR) is 87.8 cm³/mol. The van der Waals surface area contributed by atoms with E-state index in [0.717, 1.165) is 5.57 Å². The number of halogens is 1. The predicted octanol–water partition coefficient (Wildman–Crippen LogP) is 4.37. The maximum Gasteiger partial charge on any atom is 0.235 e. The fourth-order valence-electron chi connectivity index (χ4n) is 3.09. The molecule has 0 spiro atoms. The molecule has 0 saturated heterocycles. The average molecular weight is 331 g/mol. The van der Waals surface area contributed by atoms with Gasteiger partial charge in [-0.1, -0.05) is 17.2 Å². The molecule has 3 heterocycles. The molecule has 0 radical (unpaired) electrons. The van der Waals surface area contributed by atoms with Crippen molar-refractivity contribution in [3.05, 3.63) is 63.2 Å². The number of rotatable bonds is 1. The van der Waals surface area contributed by atoms with E-state index in [1.54, 1.807) is 24.5 Å². The number of allylic oxidation sites excluding steroid dienone is 1. The summed E-state index contributed by atoms with van der Waals surface area (Å²) < 4.78 is 17.6. The van der Waals surface area contributed by atoms with E-state index in [4.69, 9.17) is 25.5 Å². The van der Waals surface area contributed by atoms with Crippen LogP contribution in [0.1, 0.15) is 25.7 Å². The molecule has 2 aliphatic heterocycles. The summed E-state index contributed by atoms with van der Waals surface area (Å²) in [6, 6.07) is 4.99. The Balaban J connectivity index is 1.95. The number of hydrogen-bond acceptors (Lipinski definition) is 4. The van der Waals surface area contributed by atoms with Crippen LogP contribution in [0.4, 0.5) is 0 Å². The second-order valence-corrected chi connectivity index (χ2v) is 6.49. The smallest absolute Gasteiger partial charge is 0.235 e. The highest BCUT2D eigenvalue weighted by Gasteiger charge is 2.43. The van der Waals surface area contributed by atoms with Crippen LogP contribution < -0.4 is 10.2 Å². The minimum atomic E-state index is -0.341. The quantitative estimate of drug-likeness (QED) is 0.728. The highest BCUT2D eigenvalue weighted by molar-refractivity contribution is 6.31. The lowest BCUT2D eigenvalue weighted by molar-refractivity contribution is 0.0353. The molecule has 0 amide bonds. The van der Waals surface area contributed by atoms with Gasteiger partial charge in [0.1, 0.15) is 11.7 Å². The van der Waals surface area contributed by atoms with Crippen molar-refractivity contribution in [1.82, 2.24) is 0 Å². The van der Waals surface area contributed by atoms with Crippen molar-refractivity contribution in [1.29, 1.82) is 0 Å². The molecular formula is C18H15ClO4. The number of ether oxygens (including phenoxy) is 2. The van der Waals surface area contributed by atoms with Crippen LogP contribution in [-0.4, -0.2) is 6.10 Å². The first-order chi connectivity index (χ1) is 11.0. The third-order valence-electron chi connectivity index (χ3n) is 4.10. The van der Waals surface area contributed by atoms with E-state index in [2.05, 4.69) is 0 Å². The van der Waals surface area contributed by atoms with E-state index in [9.17, 15) is 4.79 Å². The molecule has 0 aliphatic carbocycles. The lowest BCUT2D eigenvalue weighted by atomic mass is 9.91. The van der Waals surface area contributed by atoms with Gasteiger partial charge in [-0.25, -0.2) is 0 Å². The van der Waals surface area contributed by atoms with Gasteiger partial charge >= 0.3 is 0 Å². The lowest BCUT2D eigenvalue weighted by Crippen LogP contribution is -2.35. The van der Waals surface area contributed by atoms with Crippen LogP contribution in [0, 0.1) is 5.92 Å². The highest BCUT2D eigenvalue weighted by Crippen LogP contribution is 2.44. The van der Waals surface area contributed by atoms with E-state index < -0.39 is 0 Å². The molecule has 3 unspecified atom stereocenters. The van der Waals surface area contributed by atoms with Crippen molar-refractivity contribution in [2.75, 3.05) is 0 Å². The third-order valence-corrected chi connectivity index (χ3v) is 4.34. The summed E-state index contributed by atoms with van der Waals surface area (Å²) in [6.45, 7) is 3.99. The largest absolute Gasteiger partial charge is 0.489 e. The van der Waals surface area contributed by atoms with Gasteiger partial charge in [0, 0.05) is 5.02 Å². The van der Waals surface area contributed by atoms with Gasteiger partial charge in [-0.2, -0.15) is 0 Å². The van der Waals surface area contributed by atoms with Crippen molar-refractivity contribution < 1.29 is 13.9 Å². The van der Waals surface area contributed by atoms with Gasteiger partial charge in [-0.05, 0) is 44.2 Å². The molecule has 1 aromatic carbocycles. The van der Waals surface area contributed by atoms with Gasteiger partial charge in [0.25, 0.3) is 0 Å². The third kappa shape index (κ3) is 2.25. The molecule has 3 atom stereocenters. The van der Waals surface area contributed by atoms with E-state index in [1.165, 1.54) is 0 Å². The minimum absolute atomic E-state index is 0.00898. The first-order valence-electron chi connectivity index (χ1n) is 7.44. The SMILES string of the molecule is CC(C)=CC1Oc2c(oc3ccc(Cl)cc3c2=O)C2OC=CC12. The van der Waals surface area contributed by atoms with Gasteiger partial charge in [-0.15, -0.1) is 0 Å². The van der Waals surface area contributed by atoms with Gasteiger partial charge in [0.2, 0.25) is 11.2 Å². The molecule has 2 aromatic rings. The van der Waals surface area contributed by atoms with Gasteiger partial charge in [-0.3, -0.25) is 4.79 Å². The number of hydrogen-bond donors (Lipinski definition) is 0. The van der Waals surface area contributed by atoms with E-state index in [0.29, 0.717) is 21.8 Å². The summed E-state index contributed by atoms with van der Waals surface area (Å²) in [5.74, 6) is 0.649.